The smallest absolute Gasteiger partial charge is 0.0468 e. The zero-order chi connectivity index (χ0) is 60.1. The Bertz CT molecular complexity index is 5670. The van der Waals surface area contributed by atoms with E-state index in [4.69, 9.17) is 0 Å². The summed E-state index contributed by atoms with van der Waals surface area (Å²) in [6.07, 6.45) is 0. The minimum absolute atomic E-state index is 0.180. The lowest BCUT2D eigenvalue weighted by atomic mass is 9.82. The number of anilines is 6. The molecular weight excluding hydrogens is 1100 g/mol. The van der Waals surface area contributed by atoms with Crippen LogP contribution in [0, 0.1) is 0 Å². The van der Waals surface area contributed by atoms with E-state index in [-0.39, 0.29) is 5.41 Å². The average Bonchev–Trinajstić information content (AvgIpc) is 1.74. The van der Waals surface area contributed by atoms with Crippen molar-refractivity contribution in [2.24, 2.45) is 0 Å². The van der Waals surface area contributed by atoms with Gasteiger partial charge in [-0.2, -0.15) is 0 Å². The molecule has 0 atom stereocenters. The van der Waals surface area contributed by atoms with Crippen LogP contribution in [0.3, 0.4) is 0 Å². The van der Waals surface area contributed by atoms with Crippen molar-refractivity contribution in [1.82, 2.24) is 0 Å². The molecule has 0 amide bonds. The molecule has 91 heavy (non-hydrogen) atoms. The third kappa shape index (κ3) is 7.60. The molecular formula is C89H58N2. The number of benzene rings is 16. The Morgan fingerprint density at radius 2 is 0.571 bits per heavy atom. The third-order valence-corrected chi connectivity index (χ3v) is 20.3. The number of nitrogens with zero attached hydrogens (tertiary/aromatic N) is 2. The van der Waals surface area contributed by atoms with E-state index in [1.165, 1.54) is 154 Å². The van der Waals surface area contributed by atoms with E-state index in [9.17, 15) is 0 Å². The Kier molecular flexibility index (Phi) is 11.1. The van der Waals surface area contributed by atoms with Gasteiger partial charge >= 0.3 is 0 Å². The second-order valence-electron chi connectivity index (χ2n) is 25.4. The lowest BCUT2D eigenvalue weighted by Gasteiger charge is -2.29. The van der Waals surface area contributed by atoms with E-state index in [2.05, 4.69) is 339 Å². The maximum absolute atomic E-state index is 2.52. The first-order valence-corrected chi connectivity index (χ1v) is 31.8. The van der Waals surface area contributed by atoms with Gasteiger partial charge in [-0.3, -0.25) is 0 Å². The van der Waals surface area contributed by atoms with Crippen LogP contribution in [0.1, 0.15) is 25.0 Å². The summed E-state index contributed by atoms with van der Waals surface area (Å²) in [6, 6.07) is 119. The van der Waals surface area contributed by atoms with Crippen molar-refractivity contribution < 1.29 is 0 Å². The van der Waals surface area contributed by atoms with Gasteiger partial charge in [0, 0.05) is 39.5 Å². The monoisotopic (exact) mass is 1150 g/mol. The molecule has 0 radical (unpaired) electrons. The zero-order valence-corrected chi connectivity index (χ0v) is 50.4. The molecule has 19 rings (SSSR count). The largest absolute Gasteiger partial charge is 0.310 e. The van der Waals surface area contributed by atoms with Crippen LogP contribution in [0.15, 0.2) is 315 Å². The minimum atomic E-state index is -0.180. The average molecular weight is 1160 g/mol. The molecule has 2 heteroatoms. The van der Waals surface area contributed by atoms with Gasteiger partial charge in [0.05, 0.1) is 0 Å². The van der Waals surface area contributed by atoms with Crippen LogP contribution in [0.4, 0.5) is 34.1 Å². The van der Waals surface area contributed by atoms with Crippen LogP contribution < -0.4 is 9.80 Å². The molecule has 2 nitrogen and oxygen atoms in total. The molecule has 424 valence electrons. The fourth-order valence-electron chi connectivity index (χ4n) is 16.3. The van der Waals surface area contributed by atoms with Gasteiger partial charge in [0.1, 0.15) is 0 Å². The summed E-state index contributed by atoms with van der Waals surface area (Å²) in [4.78, 5) is 4.93. The SMILES string of the molecule is CC1(C)c2ccccc2-c2ccc(N(c3ccccc3)c3ccc4c(-c5ccc6c7c(cccc57)-c5ccccc5-6)c5cc(N(c6ccccc6)c6ccc(-c7cccc8ccccc78)cc6)ccc5c(-c5ccc6c7c(cccc57)-c5ccccc5-6)c4c3)cc21. The van der Waals surface area contributed by atoms with Crippen molar-refractivity contribution >= 4 is 88.0 Å². The van der Waals surface area contributed by atoms with Crippen molar-refractivity contribution in [3.05, 3.63) is 327 Å². The van der Waals surface area contributed by atoms with Crippen LogP contribution in [0.2, 0.25) is 0 Å². The van der Waals surface area contributed by atoms with Crippen molar-refractivity contribution in [3.8, 4) is 89.0 Å². The Morgan fingerprint density at radius 3 is 1.14 bits per heavy atom. The molecule has 0 aromatic heterocycles. The lowest BCUT2D eigenvalue weighted by molar-refractivity contribution is 0.660. The van der Waals surface area contributed by atoms with Gasteiger partial charge in [-0.15, -0.1) is 0 Å². The summed E-state index contributed by atoms with van der Waals surface area (Å²) >= 11 is 0. The fraction of sp³-hybridized carbons (Fsp3) is 0.0337. The van der Waals surface area contributed by atoms with Crippen LogP contribution in [-0.2, 0) is 5.41 Å². The number of hydrogen-bond donors (Lipinski definition) is 0. The summed E-state index contributed by atoms with van der Waals surface area (Å²) in [5.74, 6) is 0. The van der Waals surface area contributed by atoms with E-state index < -0.39 is 0 Å². The van der Waals surface area contributed by atoms with Crippen LogP contribution in [0.25, 0.3) is 143 Å². The second kappa shape index (κ2) is 19.7. The number of fused-ring (bicyclic) bond motifs is 12. The maximum Gasteiger partial charge on any atom is 0.0468 e. The molecule has 0 saturated carbocycles. The van der Waals surface area contributed by atoms with Crippen molar-refractivity contribution in [3.63, 3.8) is 0 Å². The first-order chi connectivity index (χ1) is 44.9. The molecule has 0 N–H and O–H groups in total. The molecule has 0 aliphatic heterocycles. The highest BCUT2D eigenvalue weighted by atomic mass is 15.1. The topological polar surface area (TPSA) is 6.48 Å². The standard InChI is InChI=1S/C89H58N2/c1-89(2)83-37-16-15-31-69(83)70-45-42-62(54-84(70)89)91(58-24-7-4-8-25-58)61-44-47-80-82(53-61)88(78-51-49-76-68-30-14-12-28-66(68)72-34-19-36-74(78)86(72)76)79-46-43-60(52-81(79)87(80)77-50-48-75-67-29-13-11-27-65(67)71-33-18-35-73(77)85(71)75)90(57-22-5-3-6-23-57)59-40-38-56(39-41-59)64-32-17-21-55-20-9-10-26-63(55)64/h3-54H,1-2H3. The molecule has 16 aromatic carbocycles. The normalized spacial score (nSPS) is 12.8. The molecule has 16 aromatic rings. The lowest BCUT2D eigenvalue weighted by Crippen LogP contribution is -2.16. The summed E-state index contributed by atoms with van der Waals surface area (Å²) in [5, 5.41) is 12.3. The zero-order valence-electron chi connectivity index (χ0n) is 50.4. The number of hydrogen-bond acceptors (Lipinski definition) is 2. The summed E-state index contributed by atoms with van der Waals surface area (Å²) in [7, 11) is 0. The quantitative estimate of drug-likeness (QED) is 0.133. The summed E-state index contributed by atoms with van der Waals surface area (Å²) in [5.41, 5.74) is 29.3. The van der Waals surface area contributed by atoms with Crippen molar-refractivity contribution in [2.45, 2.75) is 19.3 Å². The third-order valence-electron chi connectivity index (χ3n) is 20.3. The molecule has 3 aliphatic carbocycles. The predicted molar refractivity (Wildman–Crippen MR) is 386 cm³/mol. The van der Waals surface area contributed by atoms with Crippen LogP contribution >= 0.6 is 0 Å². The highest BCUT2D eigenvalue weighted by Gasteiger charge is 2.36. The van der Waals surface area contributed by atoms with E-state index in [1.54, 1.807) is 0 Å². The number of rotatable bonds is 9. The molecule has 0 saturated heterocycles. The molecule has 0 fully saturated rings. The van der Waals surface area contributed by atoms with Crippen LogP contribution in [-0.4, -0.2) is 0 Å². The summed E-state index contributed by atoms with van der Waals surface area (Å²) in [6.45, 7) is 4.76. The van der Waals surface area contributed by atoms with Gasteiger partial charge in [0.15, 0.2) is 0 Å². The van der Waals surface area contributed by atoms with E-state index in [1.807, 2.05) is 0 Å². The highest BCUT2D eigenvalue weighted by Crippen LogP contribution is 2.57. The summed E-state index contributed by atoms with van der Waals surface area (Å²) < 4.78 is 0. The highest BCUT2D eigenvalue weighted by molar-refractivity contribution is 6.30. The fourth-order valence-corrected chi connectivity index (χ4v) is 16.3. The molecule has 0 spiro atoms. The Morgan fingerprint density at radius 1 is 0.209 bits per heavy atom. The Hall–Kier alpha value is -11.6. The van der Waals surface area contributed by atoms with Crippen LogP contribution in [0.5, 0.6) is 0 Å². The molecule has 0 unspecified atom stereocenters. The second-order valence-corrected chi connectivity index (χ2v) is 25.4. The maximum atomic E-state index is 2.52. The van der Waals surface area contributed by atoms with Gasteiger partial charge < -0.3 is 9.80 Å². The van der Waals surface area contributed by atoms with Gasteiger partial charge in [0.2, 0.25) is 0 Å². The van der Waals surface area contributed by atoms with Crippen molar-refractivity contribution in [2.75, 3.05) is 9.80 Å². The van der Waals surface area contributed by atoms with E-state index in [0.29, 0.717) is 0 Å². The molecule has 0 bridgehead atoms. The van der Waals surface area contributed by atoms with E-state index >= 15 is 0 Å². The van der Waals surface area contributed by atoms with Gasteiger partial charge in [-0.1, -0.05) is 257 Å². The van der Waals surface area contributed by atoms with Gasteiger partial charge in [-0.05, 0) is 227 Å². The number of para-hydroxylation sites is 2. The first kappa shape index (κ1) is 51.5. The Labute approximate surface area is 529 Å². The van der Waals surface area contributed by atoms with Gasteiger partial charge in [-0.25, -0.2) is 0 Å². The van der Waals surface area contributed by atoms with Gasteiger partial charge in [0.25, 0.3) is 0 Å². The minimum Gasteiger partial charge on any atom is -0.310 e. The van der Waals surface area contributed by atoms with Crippen molar-refractivity contribution in [1.29, 1.82) is 0 Å². The first-order valence-electron chi connectivity index (χ1n) is 31.8. The predicted octanol–water partition coefficient (Wildman–Crippen LogP) is 25.0. The van der Waals surface area contributed by atoms with E-state index in [0.717, 1.165) is 34.1 Å². The molecule has 0 heterocycles. The Balaban J connectivity index is 0.913. The molecule has 3 aliphatic rings.